The van der Waals surface area contributed by atoms with E-state index in [0.29, 0.717) is 13.1 Å². The van der Waals surface area contributed by atoms with Gasteiger partial charge in [-0.15, -0.1) is 11.8 Å². The third kappa shape index (κ3) is 4.33. The second kappa shape index (κ2) is 9.36. The fourth-order valence-corrected chi connectivity index (χ4v) is 5.28. The molecule has 9 heteroatoms. The Balaban J connectivity index is 1.87. The van der Waals surface area contributed by atoms with Crippen LogP contribution in [0.4, 0.5) is 4.79 Å². The van der Waals surface area contributed by atoms with Crippen molar-refractivity contribution in [2.45, 2.75) is 38.5 Å². The molecule has 1 aromatic rings. The first-order valence-electron chi connectivity index (χ1n) is 10.3. The summed E-state index contributed by atoms with van der Waals surface area (Å²) in [5.74, 6) is -0.403. The maximum Gasteiger partial charge on any atom is 0.327 e. The summed E-state index contributed by atoms with van der Waals surface area (Å²) in [5, 5.41) is 6.63. The minimum atomic E-state index is -0.492. The van der Waals surface area contributed by atoms with Crippen LogP contribution in [0.2, 0.25) is 0 Å². The van der Waals surface area contributed by atoms with Gasteiger partial charge < -0.3 is 9.80 Å². The van der Waals surface area contributed by atoms with Gasteiger partial charge in [0.2, 0.25) is 11.8 Å². The summed E-state index contributed by atoms with van der Waals surface area (Å²) >= 11 is 1.43. The molecule has 2 aliphatic rings. The van der Waals surface area contributed by atoms with Gasteiger partial charge in [0, 0.05) is 27.2 Å². The molecule has 164 valence electrons. The molecule has 0 spiro atoms. The highest BCUT2D eigenvalue weighted by molar-refractivity contribution is 8.00. The van der Waals surface area contributed by atoms with Crippen molar-refractivity contribution in [2.24, 2.45) is 5.92 Å². The SMILES string of the molecule is CCN(CC)C(=O)CSC1NC(c2cccc(C)c2)NC2C1C(=O)N(C)C(=O)N2C. The lowest BCUT2D eigenvalue weighted by Gasteiger charge is -2.50. The Morgan fingerprint density at radius 3 is 2.50 bits per heavy atom. The van der Waals surface area contributed by atoms with E-state index in [1.165, 1.54) is 18.8 Å². The summed E-state index contributed by atoms with van der Waals surface area (Å²) in [5.41, 5.74) is 2.16. The van der Waals surface area contributed by atoms with Crippen LogP contribution < -0.4 is 10.6 Å². The third-order valence-electron chi connectivity index (χ3n) is 5.83. The summed E-state index contributed by atoms with van der Waals surface area (Å²) in [6.45, 7) is 7.26. The van der Waals surface area contributed by atoms with Gasteiger partial charge >= 0.3 is 6.03 Å². The number of hydrogen-bond acceptors (Lipinski definition) is 6. The van der Waals surface area contributed by atoms with Crippen molar-refractivity contribution in [2.75, 3.05) is 32.9 Å². The van der Waals surface area contributed by atoms with Gasteiger partial charge in [0.25, 0.3) is 0 Å². The van der Waals surface area contributed by atoms with Gasteiger partial charge in [-0.1, -0.05) is 29.8 Å². The molecular formula is C21H31N5O3S. The molecule has 2 saturated heterocycles. The summed E-state index contributed by atoms with van der Waals surface area (Å²) < 4.78 is 0. The molecule has 4 amide bonds. The van der Waals surface area contributed by atoms with E-state index in [-0.39, 0.29) is 35.1 Å². The van der Waals surface area contributed by atoms with E-state index in [0.717, 1.165) is 16.0 Å². The minimum Gasteiger partial charge on any atom is -0.343 e. The average Bonchev–Trinajstić information content (AvgIpc) is 2.74. The van der Waals surface area contributed by atoms with Crippen LogP contribution in [0, 0.1) is 12.8 Å². The van der Waals surface area contributed by atoms with Crippen LogP contribution in [0.5, 0.6) is 0 Å². The summed E-state index contributed by atoms with van der Waals surface area (Å²) in [4.78, 5) is 42.6. The molecule has 0 bridgehead atoms. The molecule has 0 aliphatic carbocycles. The van der Waals surface area contributed by atoms with Crippen molar-refractivity contribution in [3.05, 3.63) is 35.4 Å². The summed E-state index contributed by atoms with van der Waals surface area (Å²) in [6, 6.07) is 7.77. The lowest BCUT2D eigenvalue weighted by Crippen LogP contribution is -2.72. The number of fused-ring (bicyclic) bond motifs is 1. The molecule has 2 fully saturated rings. The Morgan fingerprint density at radius 1 is 1.17 bits per heavy atom. The van der Waals surface area contributed by atoms with Gasteiger partial charge in [0.1, 0.15) is 0 Å². The normalized spacial score (nSPS) is 26.6. The van der Waals surface area contributed by atoms with Gasteiger partial charge in [0.15, 0.2) is 0 Å². The molecule has 0 saturated carbocycles. The van der Waals surface area contributed by atoms with Gasteiger partial charge in [-0.05, 0) is 26.3 Å². The predicted molar refractivity (Wildman–Crippen MR) is 118 cm³/mol. The highest BCUT2D eigenvalue weighted by Gasteiger charge is 2.51. The highest BCUT2D eigenvalue weighted by atomic mass is 32.2. The maximum atomic E-state index is 13.0. The lowest BCUT2D eigenvalue weighted by atomic mass is 9.95. The number of rotatable bonds is 6. The molecule has 4 atom stereocenters. The first kappa shape index (κ1) is 22.6. The van der Waals surface area contributed by atoms with Gasteiger partial charge in [-0.2, -0.15) is 0 Å². The van der Waals surface area contributed by atoms with Crippen LogP contribution in [0.1, 0.15) is 31.1 Å². The fourth-order valence-electron chi connectivity index (χ4n) is 4.07. The molecule has 2 heterocycles. The Hall–Kier alpha value is -2.10. The number of benzene rings is 1. The lowest BCUT2D eigenvalue weighted by molar-refractivity contribution is -0.140. The first-order chi connectivity index (χ1) is 14.3. The smallest absolute Gasteiger partial charge is 0.327 e. The standard InChI is InChI=1S/C21H31N5O3S/c1-6-26(7-2)15(27)12-30-19-16-18(24(4)21(29)25(5)20(16)28)22-17(23-19)14-10-8-9-13(3)11-14/h8-11,16-19,22-23H,6-7,12H2,1-5H3. The zero-order valence-electron chi connectivity index (χ0n) is 18.2. The number of carbonyl (C=O) groups excluding carboxylic acids is 3. The predicted octanol–water partition coefficient (Wildman–Crippen LogP) is 1.58. The topological polar surface area (TPSA) is 85.0 Å². The van der Waals surface area contributed by atoms with Gasteiger partial charge in [-0.25, -0.2) is 4.79 Å². The van der Waals surface area contributed by atoms with Crippen molar-refractivity contribution in [3.8, 4) is 0 Å². The van der Waals surface area contributed by atoms with Crippen molar-refractivity contribution in [3.63, 3.8) is 0 Å². The van der Waals surface area contributed by atoms with Crippen LogP contribution in [0.3, 0.4) is 0 Å². The van der Waals surface area contributed by atoms with Gasteiger partial charge in [0.05, 0.1) is 29.4 Å². The van der Waals surface area contributed by atoms with E-state index in [2.05, 4.69) is 16.7 Å². The molecule has 2 N–H and O–H groups in total. The Kier molecular flexibility index (Phi) is 7.05. The minimum absolute atomic E-state index is 0.0510. The highest BCUT2D eigenvalue weighted by Crippen LogP contribution is 2.34. The van der Waals surface area contributed by atoms with E-state index >= 15 is 0 Å². The molecule has 3 rings (SSSR count). The average molecular weight is 434 g/mol. The van der Waals surface area contributed by atoms with E-state index in [4.69, 9.17) is 0 Å². The van der Waals surface area contributed by atoms with E-state index in [1.807, 2.05) is 39.0 Å². The number of hydrogen-bond donors (Lipinski definition) is 2. The number of nitrogens with one attached hydrogen (secondary N) is 2. The molecule has 0 radical (unpaired) electrons. The number of nitrogens with zero attached hydrogens (tertiary/aromatic N) is 3. The zero-order valence-corrected chi connectivity index (χ0v) is 19.0. The number of thioether (sulfide) groups is 1. The number of carbonyl (C=O) groups is 3. The molecule has 1 aromatic carbocycles. The van der Waals surface area contributed by atoms with Crippen LogP contribution in [0.25, 0.3) is 0 Å². The number of amides is 4. The van der Waals surface area contributed by atoms with Crippen molar-refractivity contribution < 1.29 is 14.4 Å². The second-order valence-corrected chi connectivity index (χ2v) is 8.87. The Bertz CT molecular complexity index is 816. The molecule has 4 unspecified atom stereocenters. The van der Waals surface area contributed by atoms with Crippen LogP contribution >= 0.6 is 11.8 Å². The molecule has 2 aliphatic heterocycles. The zero-order chi connectivity index (χ0) is 22.0. The summed E-state index contributed by atoms with van der Waals surface area (Å²) in [7, 11) is 3.21. The maximum absolute atomic E-state index is 13.0. The number of imide groups is 1. The Labute approximate surface area is 182 Å². The number of urea groups is 1. The van der Waals surface area contributed by atoms with Crippen LogP contribution in [-0.4, -0.2) is 77.0 Å². The fraction of sp³-hybridized carbons (Fsp3) is 0.571. The second-order valence-electron chi connectivity index (χ2n) is 7.74. The van der Waals surface area contributed by atoms with Gasteiger partial charge in [-0.3, -0.25) is 25.1 Å². The quantitative estimate of drug-likeness (QED) is 0.709. The monoisotopic (exact) mass is 433 g/mol. The van der Waals surface area contributed by atoms with E-state index < -0.39 is 12.1 Å². The van der Waals surface area contributed by atoms with E-state index in [1.54, 1.807) is 16.8 Å². The largest absolute Gasteiger partial charge is 0.343 e. The van der Waals surface area contributed by atoms with E-state index in [9.17, 15) is 14.4 Å². The van der Waals surface area contributed by atoms with Crippen molar-refractivity contribution in [1.82, 2.24) is 25.3 Å². The van der Waals surface area contributed by atoms with Crippen molar-refractivity contribution in [1.29, 1.82) is 0 Å². The third-order valence-corrected chi connectivity index (χ3v) is 7.04. The molecular weight excluding hydrogens is 402 g/mol. The first-order valence-corrected chi connectivity index (χ1v) is 11.4. The molecule has 0 aromatic heterocycles. The number of aryl methyl sites for hydroxylation is 1. The van der Waals surface area contributed by atoms with Crippen LogP contribution in [0.15, 0.2) is 24.3 Å². The summed E-state index contributed by atoms with van der Waals surface area (Å²) in [6.07, 6.45) is -0.687. The Morgan fingerprint density at radius 2 is 1.87 bits per heavy atom. The molecule has 30 heavy (non-hydrogen) atoms. The molecule has 8 nitrogen and oxygen atoms in total. The van der Waals surface area contributed by atoms with Crippen LogP contribution in [-0.2, 0) is 9.59 Å². The van der Waals surface area contributed by atoms with Crippen molar-refractivity contribution >= 4 is 29.6 Å².